The molecule has 5 rings (SSSR count). The molecule has 40 heavy (non-hydrogen) atoms. The zero-order valence-corrected chi connectivity index (χ0v) is 23.6. The van der Waals surface area contributed by atoms with E-state index in [1.54, 1.807) is 7.11 Å². The van der Waals surface area contributed by atoms with Gasteiger partial charge in [0.15, 0.2) is 5.82 Å². The summed E-state index contributed by atoms with van der Waals surface area (Å²) in [6.45, 7) is 7.90. The van der Waals surface area contributed by atoms with Gasteiger partial charge in [0, 0.05) is 36.1 Å². The molecule has 0 fully saturated rings. The highest BCUT2D eigenvalue weighted by atomic mass is 16.5. The summed E-state index contributed by atoms with van der Waals surface area (Å²) in [6.07, 6.45) is 1.59. The fourth-order valence-corrected chi connectivity index (χ4v) is 5.38. The number of hydrogen-bond donors (Lipinski definition) is 1. The minimum atomic E-state index is -0.121. The number of para-hydroxylation sites is 1. The molecular formula is C32H36N6O2. The standard InChI is InChI=1S/C32H36N6O2/c1-5-28(31-34-35-36-38(31)18-17-24-11-7-6-8-12-24)37(20-25-13-9-10-14-29(25)40-4)21-26-19-27-22(2)15-16-23(3)30(27)33-32(26)39/h6-16,19,28H,5,17-18,20-21H2,1-4H3,(H,33,39). The number of nitrogens with one attached hydrogen (secondary N) is 1. The minimum absolute atomic E-state index is 0.0789. The van der Waals surface area contributed by atoms with Gasteiger partial charge in [-0.1, -0.05) is 67.6 Å². The first-order chi connectivity index (χ1) is 19.5. The zero-order valence-electron chi connectivity index (χ0n) is 23.6. The topological polar surface area (TPSA) is 88.9 Å². The molecule has 0 amide bonds. The van der Waals surface area contributed by atoms with Crippen LogP contribution in [0.15, 0.2) is 77.6 Å². The van der Waals surface area contributed by atoms with Gasteiger partial charge in [-0.05, 0) is 65.9 Å². The van der Waals surface area contributed by atoms with Gasteiger partial charge in [-0.2, -0.15) is 0 Å². The molecule has 0 radical (unpaired) electrons. The predicted octanol–water partition coefficient (Wildman–Crippen LogP) is 5.54. The second-order valence-corrected chi connectivity index (χ2v) is 10.2. The third-order valence-corrected chi connectivity index (χ3v) is 7.60. The van der Waals surface area contributed by atoms with Gasteiger partial charge in [0.25, 0.3) is 5.56 Å². The van der Waals surface area contributed by atoms with Gasteiger partial charge in [-0.15, -0.1) is 5.10 Å². The fourth-order valence-electron chi connectivity index (χ4n) is 5.38. The average Bonchev–Trinajstić information content (AvgIpc) is 3.44. The van der Waals surface area contributed by atoms with Crippen LogP contribution in [-0.4, -0.2) is 37.2 Å². The van der Waals surface area contributed by atoms with E-state index < -0.39 is 0 Å². The van der Waals surface area contributed by atoms with E-state index in [1.165, 1.54) is 5.56 Å². The van der Waals surface area contributed by atoms with Crippen molar-refractivity contribution in [3.63, 3.8) is 0 Å². The van der Waals surface area contributed by atoms with Gasteiger partial charge in [0.1, 0.15) is 5.75 Å². The number of nitrogens with zero attached hydrogens (tertiary/aromatic N) is 5. The molecular weight excluding hydrogens is 500 g/mol. The summed E-state index contributed by atoms with van der Waals surface area (Å²) < 4.78 is 7.58. The highest BCUT2D eigenvalue weighted by molar-refractivity contribution is 5.85. The Morgan fingerprint density at radius 2 is 1.68 bits per heavy atom. The first-order valence-electron chi connectivity index (χ1n) is 13.8. The molecule has 8 heteroatoms. The van der Waals surface area contributed by atoms with E-state index in [2.05, 4.69) is 63.5 Å². The first kappa shape index (κ1) is 27.3. The summed E-state index contributed by atoms with van der Waals surface area (Å²) in [5.41, 5.74) is 5.97. The van der Waals surface area contributed by atoms with Crippen LogP contribution < -0.4 is 10.3 Å². The Hall–Kier alpha value is -4.30. The smallest absolute Gasteiger partial charge is 0.252 e. The predicted molar refractivity (Wildman–Crippen MR) is 157 cm³/mol. The van der Waals surface area contributed by atoms with Crippen LogP contribution in [0.25, 0.3) is 10.9 Å². The number of tetrazole rings is 1. The Morgan fingerprint density at radius 3 is 2.45 bits per heavy atom. The average molecular weight is 537 g/mol. The molecule has 1 unspecified atom stereocenters. The van der Waals surface area contributed by atoms with Crippen molar-refractivity contribution in [2.75, 3.05) is 7.11 Å². The Kier molecular flexibility index (Phi) is 8.36. The summed E-state index contributed by atoms with van der Waals surface area (Å²) in [4.78, 5) is 18.8. The molecule has 0 bridgehead atoms. The minimum Gasteiger partial charge on any atom is -0.496 e. The van der Waals surface area contributed by atoms with Crippen LogP contribution in [0, 0.1) is 13.8 Å². The van der Waals surface area contributed by atoms with E-state index in [4.69, 9.17) is 4.74 Å². The van der Waals surface area contributed by atoms with E-state index in [0.717, 1.165) is 52.0 Å². The van der Waals surface area contributed by atoms with Gasteiger partial charge >= 0.3 is 0 Å². The highest BCUT2D eigenvalue weighted by Crippen LogP contribution is 2.30. The van der Waals surface area contributed by atoms with E-state index >= 15 is 0 Å². The van der Waals surface area contributed by atoms with Crippen LogP contribution in [-0.2, 0) is 26.1 Å². The Labute approximate surface area is 234 Å². The van der Waals surface area contributed by atoms with Crippen LogP contribution in [0.3, 0.4) is 0 Å². The van der Waals surface area contributed by atoms with Crippen LogP contribution in [0.5, 0.6) is 5.75 Å². The molecule has 0 aliphatic carbocycles. The molecule has 1 N–H and O–H groups in total. The second kappa shape index (κ2) is 12.3. The van der Waals surface area contributed by atoms with Crippen molar-refractivity contribution in [2.45, 2.75) is 59.3 Å². The Bertz CT molecular complexity index is 1640. The highest BCUT2D eigenvalue weighted by Gasteiger charge is 2.27. The van der Waals surface area contributed by atoms with E-state index in [-0.39, 0.29) is 11.6 Å². The third-order valence-electron chi connectivity index (χ3n) is 7.60. The second-order valence-electron chi connectivity index (χ2n) is 10.2. The van der Waals surface area contributed by atoms with Gasteiger partial charge < -0.3 is 9.72 Å². The van der Waals surface area contributed by atoms with Gasteiger partial charge in [-0.3, -0.25) is 9.69 Å². The number of H-pyrrole nitrogens is 1. The van der Waals surface area contributed by atoms with Gasteiger partial charge in [-0.25, -0.2) is 4.68 Å². The molecule has 206 valence electrons. The molecule has 1 atom stereocenters. The van der Waals surface area contributed by atoms with Crippen LogP contribution in [0.1, 0.15) is 53.0 Å². The number of fused-ring (bicyclic) bond motifs is 1. The van der Waals surface area contributed by atoms with Crippen LogP contribution in [0.2, 0.25) is 0 Å². The van der Waals surface area contributed by atoms with Crippen molar-refractivity contribution < 1.29 is 4.74 Å². The Balaban J connectivity index is 1.53. The quantitative estimate of drug-likeness (QED) is 0.239. The van der Waals surface area contributed by atoms with E-state index in [1.807, 2.05) is 60.1 Å². The number of ether oxygens (including phenoxy) is 1. The van der Waals surface area contributed by atoms with Crippen molar-refractivity contribution in [1.29, 1.82) is 0 Å². The molecule has 2 heterocycles. The summed E-state index contributed by atoms with van der Waals surface area (Å²) in [5, 5.41) is 14.0. The van der Waals surface area contributed by atoms with E-state index in [9.17, 15) is 4.79 Å². The first-order valence-corrected chi connectivity index (χ1v) is 13.8. The maximum absolute atomic E-state index is 13.4. The van der Waals surface area contributed by atoms with Crippen molar-refractivity contribution in [3.05, 3.63) is 117 Å². The van der Waals surface area contributed by atoms with Crippen molar-refractivity contribution >= 4 is 10.9 Å². The molecule has 0 aliphatic rings. The molecule has 0 aliphatic heterocycles. The number of hydrogen-bond acceptors (Lipinski definition) is 6. The monoisotopic (exact) mass is 536 g/mol. The number of aromatic nitrogens is 5. The molecule has 5 aromatic rings. The van der Waals surface area contributed by atoms with Crippen LogP contribution in [0.4, 0.5) is 0 Å². The number of aromatic amines is 1. The number of benzene rings is 3. The molecule has 0 spiro atoms. The normalized spacial score (nSPS) is 12.2. The lowest BCUT2D eigenvalue weighted by atomic mass is 10.0. The lowest BCUT2D eigenvalue weighted by molar-refractivity contribution is 0.159. The third kappa shape index (κ3) is 5.82. The lowest BCUT2D eigenvalue weighted by Gasteiger charge is -2.31. The summed E-state index contributed by atoms with van der Waals surface area (Å²) in [6, 6.07) is 24.4. The fraction of sp³-hybridized carbons (Fsp3) is 0.312. The maximum atomic E-state index is 13.4. The largest absolute Gasteiger partial charge is 0.496 e. The van der Waals surface area contributed by atoms with Crippen molar-refractivity contribution in [3.8, 4) is 5.75 Å². The lowest BCUT2D eigenvalue weighted by Crippen LogP contribution is -2.32. The Morgan fingerprint density at radius 1 is 0.950 bits per heavy atom. The summed E-state index contributed by atoms with van der Waals surface area (Å²) in [5.74, 6) is 1.60. The van der Waals surface area contributed by atoms with Crippen molar-refractivity contribution in [2.24, 2.45) is 0 Å². The summed E-state index contributed by atoms with van der Waals surface area (Å²) >= 11 is 0. The van der Waals surface area contributed by atoms with E-state index in [0.29, 0.717) is 25.2 Å². The number of aryl methyl sites for hydroxylation is 4. The number of rotatable bonds is 11. The molecule has 2 aromatic heterocycles. The molecule has 8 nitrogen and oxygen atoms in total. The zero-order chi connectivity index (χ0) is 28.1. The van der Waals surface area contributed by atoms with Crippen LogP contribution >= 0.6 is 0 Å². The maximum Gasteiger partial charge on any atom is 0.252 e. The van der Waals surface area contributed by atoms with Gasteiger partial charge in [0.2, 0.25) is 0 Å². The number of methoxy groups -OCH3 is 1. The number of pyridine rings is 1. The van der Waals surface area contributed by atoms with Crippen molar-refractivity contribution in [1.82, 2.24) is 30.1 Å². The molecule has 0 saturated carbocycles. The molecule has 0 saturated heterocycles. The van der Waals surface area contributed by atoms with Gasteiger partial charge in [0.05, 0.1) is 18.7 Å². The SMILES string of the molecule is CCC(c1nnnn1CCc1ccccc1)N(Cc1ccccc1OC)Cc1cc2c(C)ccc(C)c2[nH]c1=O. The summed E-state index contributed by atoms with van der Waals surface area (Å²) in [7, 11) is 1.68. The molecule has 3 aromatic carbocycles.